The predicted octanol–water partition coefficient (Wildman–Crippen LogP) is 2.04. The number of carbonyl (C=O) groups excluding carboxylic acids is 1. The second-order valence-electron chi connectivity index (χ2n) is 5.40. The summed E-state index contributed by atoms with van der Waals surface area (Å²) in [5.41, 5.74) is 3.97. The van der Waals surface area contributed by atoms with Crippen molar-refractivity contribution in [1.29, 1.82) is 0 Å². The fourth-order valence-electron chi connectivity index (χ4n) is 2.09. The Morgan fingerprint density at radius 1 is 1.36 bits per heavy atom. The van der Waals surface area contributed by atoms with Gasteiger partial charge >= 0.3 is 0 Å². The molecule has 0 unspecified atom stereocenters. The van der Waals surface area contributed by atoms with Crippen LogP contribution in [0.25, 0.3) is 0 Å². The Balaban J connectivity index is 2.16. The van der Waals surface area contributed by atoms with Gasteiger partial charge in [-0.25, -0.2) is 15.5 Å². The number of guanidine groups is 1. The highest BCUT2D eigenvalue weighted by molar-refractivity contribution is 5.93. The number of nitrogens with zero attached hydrogens (tertiary/aromatic N) is 2. The second kappa shape index (κ2) is 6.53. The molecular formula is C16H20N4O2. The number of rotatable bonds is 4. The van der Waals surface area contributed by atoms with E-state index >= 15 is 0 Å². The number of benzene rings is 1. The lowest BCUT2D eigenvalue weighted by Crippen LogP contribution is -2.23. The minimum atomic E-state index is -0.587. The lowest BCUT2D eigenvalue weighted by atomic mass is 10.0. The van der Waals surface area contributed by atoms with Gasteiger partial charge in [0, 0.05) is 11.8 Å². The van der Waals surface area contributed by atoms with Crippen molar-refractivity contribution in [3.63, 3.8) is 0 Å². The van der Waals surface area contributed by atoms with Crippen LogP contribution >= 0.6 is 0 Å². The molecule has 116 valence electrons. The van der Waals surface area contributed by atoms with Gasteiger partial charge in [0.1, 0.15) is 0 Å². The third-order valence-corrected chi connectivity index (χ3v) is 3.66. The van der Waals surface area contributed by atoms with Gasteiger partial charge in [-0.05, 0) is 39.0 Å². The Labute approximate surface area is 129 Å². The number of aryl methyl sites for hydroxylation is 1. The average molecular weight is 300 g/mol. The Morgan fingerprint density at radius 3 is 2.50 bits per heavy atom. The van der Waals surface area contributed by atoms with Crippen molar-refractivity contribution in [2.24, 2.45) is 9.98 Å². The number of amides is 1. The summed E-state index contributed by atoms with van der Waals surface area (Å²) in [5, 5.41) is 11.4. The molecule has 3 N–H and O–H groups in total. The van der Waals surface area contributed by atoms with Crippen molar-refractivity contribution in [2.75, 3.05) is 0 Å². The molecular weight excluding hydrogens is 280 g/mol. The topological polar surface area (TPSA) is 86.1 Å². The molecule has 0 aromatic heterocycles. The van der Waals surface area contributed by atoms with Crippen LogP contribution in [0.4, 0.5) is 0 Å². The summed E-state index contributed by atoms with van der Waals surface area (Å²) in [4.78, 5) is 19.7. The van der Waals surface area contributed by atoms with Gasteiger partial charge in [-0.15, -0.1) is 0 Å². The van der Waals surface area contributed by atoms with Crippen LogP contribution < -0.4 is 10.8 Å². The van der Waals surface area contributed by atoms with Crippen LogP contribution in [0.5, 0.6) is 0 Å². The standard InChI is InChI=1S/C16H20N4O2/c1-11-4-6-13(7-5-11)16(8-9-16)19-15(17-3)18-10-12(2)14(21)20-22/h4-7,10,22H,3,8-9H2,1-2H3,(H,18,19)(H,20,21)/b12-10+. The predicted molar refractivity (Wildman–Crippen MR) is 85.9 cm³/mol. The lowest BCUT2D eigenvalue weighted by molar-refractivity contribution is -0.125. The van der Waals surface area contributed by atoms with Crippen molar-refractivity contribution < 1.29 is 10.0 Å². The highest BCUT2D eigenvalue weighted by Gasteiger charge is 2.44. The van der Waals surface area contributed by atoms with Gasteiger partial charge in [0.2, 0.25) is 5.96 Å². The summed E-state index contributed by atoms with van der Waals surface area (Å²) in [7, 11) is 0. The fraction of sp³-hybridized carbons (Fsp3) is 0.312. The van der Waals surface area contributed by atoms with Crippen LogP contribution in [-0.4, -0.2) is 23.8 Å². The zero-order chi connectivity index (χ0) is 16.2. The third-order valence-electron chi connectivity index (χ3n) is 3.66. The molecule has 1 amide bonds. The van der Waals surface area contributed by atoms with E-state index in [0.29, 0.717) is 11.5 Å². The van der Waals surface area contributed by atoms with Gasteiger partial charge in [-0.3, -0.25) is 10.0 Å². The highest BCUT2D eigenvalue weighted by Crippen LogP contribution is 2.49. The number of hydroxylamine groups is 1. The number of hydrogen-bond donors (Lipinski definition) is 3. The van der Waals surface area contributed by atoms with E-state index in [0.717, 1.165) is 18.4 Å². The van der Waals surface area contributed by atoms with Crippen LogP contribution in [0.2, 0.25) is 0 Å². The number of carbonyl (C=O) groups is 1. The minimum absolute atomic E-state index is 0.252. The molecule has 0 saturated heterocycles. The second-order valence-corrected chi connectivity index (χ2v) is 5.40. The fourth-order valence-corrected chi connectivity index (χ4v) is 2.09. The summed E-state index contributed by atoms with van der Waals surface area (Å²) in [6.07, 6.45) is 3.34. The monoisotopic (exact) mass is 300 g/mol. The van der Waals surface area contributed by atoms with Gasteiger partial charge in [0.05, 0.1) is 5.54 Å². The van der Waals surface area contributed by atoms with Crippen LogP contribution in [0.3, 0.4) is 0 Å². The molecule has 0 radical (unpaired) electrons. The lowest BCUT2D eigenvalue weighted by Gasteiger charge is -2.12. The number of aliphatic imine (C=N–C) groups is 2. The van der Waals surface area contributed by atoms with E-state index in [-0.39, 0.29) is 5.54 Å². The maximum Gasteiger partial charge on any atom is 0.271 e. The van der Waals surface area contributed by atoms with E-state index in [9.17, 15) is 4.79 Å². The molecule has 0 bridgehead atoms. The van der Waals surface area contributed by atoms with E-state index in [1.165, 1.54) is 11.8 Å². The molecule has 1 aliphatic carbocycles. The molecule has 0 aliphatic heterocycles. The minimum Gasteiger partial charge on any atom is -0.331 e. The molecule has 0 atom stereocenters. The molecule has 0 heterocycles. The molecule has 6 nitrogen and oxygen atoms in total. The first-order valence-corrected chi connectivity index (χ1v) is 7.02. The van der Waals surface area contributed by atoms with Crippen LogP contribution in [-0.2, 0) is 10.3 Å². The Hall–Kier alpha value is -2.47. The molecule has 0 spiro atoms. The Bertz CT molecular complexity index is 628. The van der Waals surface area contributed by atoms with Crippen molar-refractivity contribution in [3.8, 4) is 0 Å². The molecule has 1 fully saturated rings. The summed E-state index contributed by atoms with van der Waals surface area (Å²) < 4.78 is 0. The van der Waals surface area contributed by atoms with E-state index in [2.05, 4.69) is 46.3 Å². The van der Waals surface area contributed by atoms with Gasteiger partial charge in [0.25, 0.3) is 5.91 Å². The first-order chi connectivity index (χ1) is 10.5. The highest BCUT2D eigenvalue weighted by atomic mass is 16.5. The SMILES string of the molecule is C=NC(=NC1(c2ccc(C)cc2)CC1)N/C=C(\C)C(=O)NO. The molecule has 1 aromatic carbocycles. The van der Waals surface area contributed by atoms with Crippen LogP contribution in [0.1, 0.15) is 30.9 Å². The van der Waals surface area contributed by atoms with Crippen molar-refractivity contribution in [3.05, 3.63) is 47.2 Å². The van der Waals surface area contributed by atoms with Gasteiger partial charge in [-0.2, -0.15) is 0 Å². The molecule has 1 saturated carbocycles. The largest absolute Gasteiger partial charge is 0.331 e. The molecule has 6 heteroatoms. The summed E-state index contributed by atoms with van der Waals surface area (Å²) >= 11 is 0. The average Bonchev–Trinajstić information content (AvgIpc) is 3.31. The summed E-state index contributed by atoms with van der Waals surface area (Å²) in [6.45, 7) is 7.11. The third kappa shape index (κ3) is 3.59. The number of nitrogens with one attached hydrogen (secondary N) is 2. The van der Waals surface area contributed by atoms with E-state index in [1.807, 2.05) is 6.92 Å². The maximum atomic E-state index is 11.2. The Kier molecular flexibility index (Phi) is 4.72. The molecule has 2 rings (SSSR count). The van der Waals surface area contributed by atoms with E-state index in [1.54, 1.807) is 12.4 Å². The van der Waals surface area contributed by atoms with Crippen LogP contribution in [0, 0.1) is 6.92 Å². The van der Waals surface area contributed by atoms with E-state index in [4.69, 9.17) is 5.21 Å². The van der Waals surface area contributed by atoms with Crippen molar-refractivity contribution in [1.82, 2.24) is 10.8 Å². The maximum absolute atomic E-state index is 11.2. The van der Waals surface area contributed by atoms with Gasteiger partial charge in [0.15, 0.2) is 0 Å². The van der Waals surface area contributed by atoms with Crippen molar-refractivity contribution >= 4 is 18.6 Å². The molecule has 22 heavy (non-hydrogen) atoms. The first kappa shape index (κ1) is 15.9. The summed E-state index contributed by atoms with van der Waals surface area (Å²) in [5.74, 6) is -0.237. The zero-order valence-corrected chi connectivity index (χ0v) is 12.8. The zero-order valence-electron chi connectivity index (χ0n) is 12.8. The molecule has 1 aliphatic rings. The van der Waals surface area contributed by atoms with Gasteiger partial charge < -0.3 is 5.32 Å². The van der Waals surface area contributed by atoms with Crippen LogP contribution in [0.15, 0.2) is 46.0 Å². The normalized spacial score (nSPS) is 16.9. The first-order valence-electron chi connectivity index (χ1n) is 7.02. The van der Waals surface area contributed by atoms with Gasteiger partial charge in [-0.1, -0.05) is 29.8 Å². The summed E-state index contributed by atoms with van der Waals surface area (Å²) in [6, 6.07) is 8.28. The smallest absolute Gasteiger partial charge is 0.271 e. The van der Waals surface area contributed by atoms with Crippen molar-refractivity contribution in [2.45, 2.75) is 32.2 Å². The van der Waals surface area contributed by atoms with E-state index < -0.39 is 5.91 Å². The molecule has 1 aromatic rings. The quantitative estimate of drug-likeness (QED) is 0.261. The Morgan fingerprint density at radius 2 is 2.00 bits per heavy atom. The number of hydrogen-bond acceptors (Lipinski definition) is 3.